The molecule has 0 radical (unpaired) electrons. The van der Waals surface area contributed by atoms with Crippen molar-refractivity contribution < 1.29 is 14.3 Å². The van der Waals surface area contributed by atoms with Gasteiger partial charge in [0, 0.05) is 6.07 Å². The second-order valence-electron chi connectivity index (χ2n) is 3.91. The van der Waals surface area contributed by atoms with Gasteiger partial charge in [-0.15, -0.1) is 0 Å². The highest BCUT2D eigenvalue weighted by Crippen LogP contribution is 2.24. The number of pyridine rings is 1. The second-order valence-corrected chi connectivity index (χ2v) is 3.91. The Bertz CT molecular complexity index is 832. The number of H-pyrrole nitrogens is 1. The van der Waals surface area contributed by atoms with Crippen LogP contribution < -0.4 is 5.56 Å². The first-order chi connectivity index (χ1) is 9.15. The third-order valence-electron chi connectivity index (χ3n) is 2.64. The number of nitrogens with zero attached hydrogens (tertiary/aromatic N) is 1. The van der Waals surface area contributed by atoms with E-state index in [0.29, 0.717) is 11.2 Å². The van der Waals surface area contributed by atoms with E-state index in [1.165, 1.54) is 12.1 Å². The van der Waals surface area contributed by atoms with Crippen LogP contribution in [0.25, 0.3) is 22.7 Å². The number of carbonyl (C=O) groups is 1. The fourth-order valence-corrected chi connectivity index (χ4v) is 1.81. The van der Waals surface area contributed by atoms with Gasteiger partial charge in [0.15, 0.2) is 5.58 Å². The van der Waals surface area contributed by atoms with Gasteiger partial charge in [-0.3, -0.25) is 4.79 Å². The first-order valence-electron chi connectivity index (χ1n) is 5.48. The van der Waals surface area contributed by atoms with E-state index in [1.54, 1.807) is 24.3 Å². The molecule has 0 aliphatic heterocycles. The van der Waals surface area contributed by atoms with Crippen molar-refractivity contribution in [2.24, 2.45) is 0 Å². The minimum atomic E-state index is -1.09. The van der Waals surface area contributed by atoms with Crippen LogP contribution in [0.2, 0.25) is 0 Å². The zero-order valence-electron chi connectivity index (χ0n) is 9.58. The molecule has 0 amide bonds. The predicted molar refractivity (Wildman–Crippen MR) is 67.0 cm³/mol. The molecule has 6 nitrogen and oxygen atoms in total. The summed E-state index contributed by atoms with van der Waals surface area (Å²) in [5.74, 6) is -0.906. The molecule has 0 atom stereocenters. The van der Waals surface area contributed by atoms with Gasteiger partial charge in [-0.1, -0.05) is 12.1 Å². The predicted octanol–water partition coefficient (Wildman–Crippen LogP) is 1.88. The fraction of sp³-hybridized carbons (Fsp3) is 0. The van der Waals surface area contributed by atoms with E-state index in [0.717, 1.165) is 0 Å². The minimum Gasteiger partial charge on any atom is -0.478 e. The highest BCUT2D eigenvalue weighted by Gasteiger charge is 2.15. The van der Waals surface area contributed by atoms with Crippen molar-refractivity contribution in [1.82, 2.24) is 9.97 Å². The van der Waals surface area contributed by atoms with E-state index in [9.17, 15) is 9.59 Å². The molecule has 19 heavy (non-hydrogen) atoms. The Kier molecular flexibility index (Phi) is 2.42. The number of hydrogen-bond acceptors (Lipinski definition) is 4. The van der Waals surface area contributed by atoms with Gasteiger partial charge in [0.2, 0.25) is 11.4 Å². The second kappa shape index (κ2) is 4.09. The number of fused-ring (bicyclic) bond motifs is 1. The molecule has 2 heterocycles. The van der Waals surface area contributed by atoms with Crippen LogP contribution in [0.15, 0.2) is 45.6 Å². The Morgan fingerprint density at radius 3 is 2.74 bits per heavy atom. The molecule has 0 bridgehead atoms. The Morgan fingerprint density at radius 2 is 2.00 bits per heavy atom. The molecular formula is C13H8N2O4. The molecule has 0 fully saturated rings. The third kappa shape index (κ3) is 1.89. The maximum Gasteiger partial charge on any atom is 0.339 e. The van der Waals surface area contributed by atoms with Crippen molar-refractivity contribution in [1.29, 1.82) is 0 Å². The van der Waals surface area contributed by atoms with Crippen LogP contribution in [0.3, 0.4) is 0 Å². The van der Waals surface area contributed by atoms with Gasteiger partial charge in [-0.05, 0) is 18.2 Å². The molecule has 0 aliphatic rings. The number of benzene rings is 1. The van der Waals surface area contributed by atoms with Crippen molar-refractivity contribution >= 4 is 17.1 Å². The molecule has 6 heteroatoms. The average Bonchev–Trinajstić information content (AvgIpc) is 2.82. The summed E-state index contributed by atoms with van der Waals surface area (Å²) in [6, 6.07) is 9.25. The lowest BCUT2D eigenvalue weighted by Crippen LogP contribution is -2.03. The zero-order chi connectivity index (χ0) is 13.4. The summed E-state index contributed by atoms with van der Waals surface area (Å²) in [4.78, 5) is 29.0. The average molecular weight is 256 g/mol. The standard InChI is InChI=1S/C13H8N2O4/c16-10-6-2-5-9(14-10)12-15-8-4-1-3-7(13(17)18)11(8)19-12/h1-6H,(H,14,16)(H,17,18). The van der Waals surface area contributed by atoms with Crippen molar-refractivity contribution in [3.63, 3.8) is 0 Å². The summed E-state index contributed by atoms with van der Waals surface area (Å²) in [5, 5.41) is 9.06. The Labute approximate surface area is 106 Å². The van der Waals surface area contributed by atoms with Gasteiger partial charge in [-0.25, -0.2) is 9.78 Å². The normalized spacial score (nSPS) is 10.7. The van der Waals surface area contributed by atoms with E-state index in [4.69, 9.17) is 9.52 Å². The number of nitrogens with one attached hydrogen (secondary N) is 1. The van der Waals surface area contributed by atoms with Crippen LogP contribution in [0.1, 0.15) is 10.4 Å². The summed E-state index contributed by atoms with van der Waals surface area (Å²) in [7, 11) is 0. The molecule has 2 N–H and O–H groups in total. The van der Waals surface area contributed by atoms with Crippen molar-refractivity contribution in [3.8, 4) is 11.6 Å². The summed E-state index contributed by atoms with van der Waals surface area (Å²) < 4.78 is 5.44. The maximum absolute atomic E-state index is 11.2. The molecule has 0 saturated heterocycles. The van der Waals surface area contributed by atoms with Gasteiger partial charge in [0.1, 0.15) is 16.8 Å². The van der Waals surface area contributed by atoms with Crippen LogP contribution in [-0.4, -0.2) is 21.0 Å². The number of rotatable bonds is 2. The van der Waals surface area contributed by atoms with E-state index in [-0.39, 0.29) is 22.6 Å². The van der Waals surface area contributed by atoms with Crippen LogP contribution in [0, 0.1) is 0 Å². The smallest absolute Gasteiger partial charge is 0.339 e. The molecule has 1 aromatic carbocycles. The summed E-state index contributed by atoms with van der Waals surface area (Å²) in [6.45, 7) is 0. The van der Waals surface area contributed by atoms with Crippen LogP contribution in [-0.2, 0) is 0 Å². The lowest BCUT2D eigenvalue weighted by atomic mass is 10.2. The number of aromatic carboxylic acids is 1. The summed E-state index contributed by atoms with van der Waals surface area (Å²) in [6.07, 6.45) is 0. The van der Waals surface area contributed by atoms with Crippen molar-refractivity contribution in [2.45, 2.75) is 0 Å². The number of oxazole rings is 1. The largest absolute Gasteiger partial charge is 0.478 e. The van der Waals surface area contributed by atoms with E-state index in [2.05, 4.69) is 9.97 Å². The Balaban J connectivity index is 2.25. The molecule has 3 rings (SSSR count). The molecule has 94 valence electrons. The van der Waals surface area contributed by atoms with E-state index in [1.807, 2.05) is 0 Å². The van der Waals surface area contributed by atoms with Crippen LogP contribution in [0.5, 0.6) is 0 Å². The van der Waals surface area contributed by atoms with Crippen LogP contribution in [0.4, 0.5) is 0 Å². The molecule has 3 aromatic rings. The maximum atomic E-state index is 11.2. The molecular weight excluding hydrogens is 248 g/mol. The first-order valence-corrected chi connectivity index (χ1v) is 5.48. The van der Waals surface area contributed by atoms with E-state index < -0.39 is 5.97 Å². The zero-order valence-corrected chi connectivity index (χ0v) is 9.58. The monoisotopic (exact) mass is 256 g/mol. The quantitative estimate of drug-likeness (QED) is 0.729. The van der Waals surface area contributed by atoms with Gasteiger partial charge < -0.3 is 14.5 Å². The molecule has 2 aromatic heterocycles. The fourth-order valence-electron chi connectivity index (χ4n) is 1.81. The third-order valence-corrected chi connectivity index (χ3v) is 2.64. The number of aromatic amines is 1. The lowest BCUT2D eigenvalue weighted by molar-refractivity contribution is 0.0698. The number of carboxylic acid groups (broad SMARTS) is 1. The highest BCUT2D eigenvalue weighted by atomic mass is 16.4. The van der Waals surface area contributed by atoms with Crippen molar-refractivity contribution in [2.75, 3.05) is 0 Å². The summed E-state index contributed by atoms with van der Waals surface area (Å²) >= 11 is 0. The van der Waals surface area contributed by atoms with Gasteiger partial charge in [0.25, 0.3) is 0 Å². The number of aromatic nitrogens is 2. The Morgan fingerprint density at radius 1 is 1.21 bits per heavy atom. The molecule has 0 saturated carbocycles. The first kappa shape index (κ1) is 11.2. The number of hydrogen-bond donors (Lipinski definition) is 2. The Hall–Kier alpha value is -2.89. The number of para-hydroxylation sites is 1. The highest BCUT2D eigenvalue weighted by molar-refractivity contribution is 6.00. The molecule has 0 aliphatic carbocycles. The topological polar surface area (TPSA) is 96.2 Å². The summed E-state index contributed by atoms with van der Waals surface area (Å²) in [5.41, 5.74) is 0.780. The van der Waals surface area contributed by atoms with Crippen molar-refractivity contribution in [3.05, 3.63) is 52.3 Å². The van der Waals surface area contributed by atoms with Crippen LogP contribution >= 0.6 is 0 Å². The SMILES string of the molecule is O=C(O)c1cccc2nc(-c3cccc(=O)[nH]3)oc12. The van der Waals surface area contributed by atoms with Gasteiger partial charge in [-0.2, -0.15) is 0 Å². The lowest BCUT2D eigenvalue weighted by Gasteiger charge is -1.94. The minimum absolute atomic E-state index is 0.0366. The van der Waals surface area contributed by atoms with Gasteiger partial charge >= 0.3 is 5.97 Å². The van der Waals surface area contributed by atoms with E-state index >= 15 is 0 Å². The molecule has 0 unspecified atom stereocenters. The van der Waals surface area contributed by atoms with Gasteiger partial charge in [0.05, 0.1) is 0 Å². The molecule has 0 spiro atoms. The number of carboxylic acids is 1.